The maximum Gasteiger partial charge on any atom is 0.282 e. The molecule has 8 heteroatoms. The molecule has 24 heavy (non-hydrogen) atoms. The van der Waals surface area contributed by atoms with Crippen molar-refractivity contribution in [1.82, 2.24) is 5.43 Å². The third kappa shape index (κ3) is 3.17. The molecule has 0 atom stereocenters. The number of ether oxygens (including phenoxy) is 2. The van der Waals surface area contributed by atoms with Crippen molar-refractivity contribution in [3.63, 3.8) is 0 Å². The van der Waals surface area contributed by atoms with E-state index in [-0.39, 0.29) is 18.0 Å². The quantitative estimate of drug-likeness (QED) is 0.527. The fourth-order valence-electron chi connectivity index (χ4n) is 2.22. The summed E-state index contributed by atoms with van der Waals surface area (Å²) in [5, 5.41) is 14.9. The minimum atomic E-state index is -0.550. The summed E-state index contributed by atoms with van der Waals surface area (Å²) in [5.41, 5.74) is 3.75. The van der Waals surface area contributed by atoms with Gasteiger partial charge in [0.25, 0.3) is 11.6 Å². The van der Waals surface area contributed by atoms with Gasteiger partial charge >= 0.3 is 0 Å². The maximum atomic E-state index is 12.0. The van der Waals surface area contributed by atoms with Gasteiger partial charge < -0.3 is 9.47 Å². The number of amides is 1. The first-order chi connectivity index (χ1) is 11.5. The summed E-state index contributed by atoms with van der Waals surface area (Å²) in [6.07, 6.45) is 1.20. The molecule has 2 aromatic rings. The fourth-order valence-corrected chi connectivity index (χ4v) is 2.22. The Bertz CT molecular complexity index is 848. The second kappa shape index (κ2) is 6.37. The molecule has 0 radical (unpaired) electrons. The molecule has 1 aliphatic heterocycles. The molecule has 2 aromatic carbocycles. The molecule has 1 amide bonds. The van der Waals surface area contributed by atoms with E-state index in [0.29, 0.717) is 17.1 Å². The SMILES string of the molecule is Cc1cccc(C(=O)NN=Cc2cc3c(cc2[N+](=O)[O-])OCO3)c1. The number of carbonyl (C=O) groups is 1. The lowest BCUT2D eigenvalue weighted by Crippen LogP contribution is -2.17. The minimum absolute atomic E-state index is 0.0111. The van der Waals surface area contributed by atoms with Crippen molar-refractivity contribution in [3.05, 3.63) is 63.2 Å². The van der Waals surface area contributed by atoms with Crippen LogP contribution in [0, 0.1) is 17.0 Å². The number of hydrazone groups is 1. The summed E-state index contributed by atoms with van der Waals surface area (Å²) in [5.74, 6) is 0.299. The number of benzene rings is 2. The van der Waals surface area contributed by atoms with Gasteiger partial charge in [0, 0.05) is 5.56 Å². The highest BCUT2D eigenvalue weighted by molar-refractivity contribution is 5.95. The second-order valence-corrected chi connectivity index (χ2v) is 5.09. The smallest absolute Gasteiger partial charge is 0.282 e. The summed E-state index contributed by atoms with van der Waals surface area (Å²) < 4.78 is 10.3. The van der Waals surface area contributed by atoms with Crippen LogP contribution in [0.3, 0.4) is 0 Å². The fraction of sp³-hybridized carbons (Fsp3) is 0.125. The van der Waals surface area contributed by atoms with E-state index in [1.54, 1.807) is 18.2 Å². The molecule has 1 aliphatic rings. The number of fused-ring (bicyclic) bond motifs is 1. The Balaban J connectivity index is 1.79. The normalized spacial score (nSPS) is 12.4. The summed E-state index contributed by atoms with van der Waals surface area (Å²) in [4.78, 5) is 22.6. The zero-order chi connectivity index (χ0) is 17.1. The van der Waals surface area contributed by atoms with Gasteiger partial charge in [0.1, 0.15) is 0 Å². The number of nitro groups is 1. The van der Waals surface area contributed by atoms with E-state index in [4.69, 9.17) is 9.47 Å². The number of hydrogen-bond donors (Lipinski definition) is 1. The first-order valence-corrected chi connectivity index (χ1v) is 7.03. The molecule has 3 rings (SSSR count). The highest BCUT2D eigenvalue weighted by Crippen LogP contribution is 2.37. The number of rotatable bonds is 4. The van der Waals surface area contributed by atoms with E-state index >= 15 is 0 Å². The molecule has 1 N–H and O–H groups in total. The zero-order valence-electron chi connectivity index (χ0n) is 12.7. The Morgan fingerprint density at radius 2 is 2.04 bits per heavy atom. The van der Waals surface area contributed by atoms with Crippen LogP contribution in [-0.4, -0.2) is 23.8 Å². The number of aryl methyl sites for hydroxylation is 1. The van der Waals surface area contributed by atoms with E-state index in [0.717, 1.165) is 5.56 Å². The predicted molar refractivity (Wildman–Crippen MR) is 85.5 cm³/mol. The molecular formula is C16H13N3O5. The second-order valence-electron chi connectivity index (χ2n) is 5.09. The first-order valence-electron chi connectivity index (χ1n) is 7.03. The van der Waals surface area contributed by atoms with Crippen LogP contribution in [0.4, 0.5) is 5.69 Å². The summed E-state index contributed by atoms with van der Waals surface area (Å²) >= 11 is 0. The predicted octanol–water partition coefficient (Wildman–Crippen LogP) is 2.40. The van der Waals surface area contributed by atoms with Crippen molar-refractivity contribution in [3.8, 4) is 11.5 Å². The van der Waals surface area contributed by atoms with E-state index < -0.39 is 10.8 Å². The van der Waals surface area contributed by atoms with Gasteiger partial charge in [0.05, 0.1) is 22.8 Å². The number of nitro benzene ring substituents is 1. The van der Waals surface area contributed by atoms with Gasteiger partial charge in [-0.1, -0.05) is 17.7 Å². The van der Waals surface area contributed by atoms with E-state index in [9.17, 15) is 14.9 Å². The largest absolute Gasteiger partial charge is 0.454 e. The van der Waals surface area contributed by atoms with Crippen molar-refractivity contribution >= 4 is 17.8 Å². The molecule has 1 heterocycles. The van der Waals surface area contributed by atoms with Crippen molar-refractivity contribution in [2.24, 2.45) is 5.10 Å². The van der Waals surface area contributed by atoms with E-state index in [1.165, 1.54) is 18.3 Å². The van der Waals surface area contributed by atoms with Gasteiger partial charge in [-0.2, -0.15) is 5.10 Å². The third-order valence-electron chi connectivity index (χ3n) is 3.37. The standard InChI is InChI=1S/C16H13N3O5/c1-10-3-2-4-11(5-10)16(20)18-17-8-12-6-14-15(24-9-23-14)7-13(12)19(21)22/h2-8H,9H2,1H3,(H,18,20). The Morgan fingerprint density at radius 1 is 1.29 bits per heavy atom. The molecule has 0 saturated heterocycles. The highest BCUT2D eigenvalue weighted by atomic mass is 16.7. The van der Waals surface area contributed by atoms with Crippen molar-refractivity contribution in [2.45, 2.75) is 6.92 Å². The van der Waals surface area contributed by atoms with Crippen LogP contribution in [0.2, 0.25) is 0 Å². The number of hydrogen-bond acceptors (Lipinski definition) is 6. The minimum Gasteiger partial charge on any atom is -0.454 e. The molecule has 0 unspecified atom stereocenters. The van der Waals surface area contributed by atoms with Crippen molar-refractivity contribution < 1.29 is 19.2 Å². The molecule has 0 spiro atoms. The summed E-state index contributed by atoms with van der Waals surface area (Å²) in [6.45, 7) is 1.88. The number of nitrogens with zero attached hydrogens (tertiary/aromatic N) is 2. The lowest BCUT2D eigenvalue weighted by atomic mass is 10.1. The van der Waals surface area contributed by atoms with E-state index in [1.807, 2.05) is 13.0 Å². The van der Waals surface area contributed by atoms with Gasteiger partial charge in [-0.05, 0) is 25.1 Å². The molecule has 0 aromatic heterocycles. The van der Waals surface area contributed by atoms with Crippen molar-refractivity contribution in [1.29, 1.82) is 0 Å². The highest BCUT2D eigenvalue weighted by Gasteiger charge is 2.22. The van der Waals surface area contributed by atoms with Gasteiger partial charge in [0.15, 0.2) is 11.5 Å². The molecule has 0 bridgehead atoms. The zero-order valence-corrected chi connectivity index (χ0v) is 12.7. The first kappa shape index (κ1) is 15.5. The van der Waals surface area contributed by atoms with Gasteiger partial charge in [-0.25, -0.2) is 5.43 Å². The van der Waals surface area contributed by atoms with Gasteiger partial charge in [-0.15, -0.1) is 0 Å². The summed E-state index contributed by atoms with van der Waals surface area (Å²) in [7, 11) is 0. The van der Waals surface area contributed by atoms with E-state index in [2.05, 4.69) is 10.5 Å². The maximum absolute atomic E-state index is 12.0. The topological polar surface area (TPSA) is 103 Å². The van der Waals surface area contributed by atoms with Crippen LogP contribution in [0.5, 0.6) is 11.5 Å². The molecule has 0 saturated carbocycles. The average Bonchev–Trinajstić information content (AvgIpc) is 3.01. The van der Waals surface area contributed by atoms with Crippen LogP contribution in [0.15, 0.2) is 41.5 Å². The Hall–Kier alpha value is -3.42. The Kier molecular flexibility index (Phi) is 4.11. The van der Waals surface area contributed by atoms with Gasteiger partial charge in [-0.3, -0.25) is 14.9 Å². The molecule has 0 aliphatic carbocycles. The molecular weight excluding hydrogens is 314 g/mol. The number of carbonyl (C=O) groups excluding carboxylic acids is 1. The van der Waals surface area contributed by atoms with Crippen LogP contribution in [0.1, 0.15) is 21.5 Å². The number of nitrogens with one attached hydrogen (secondary N) is 1. The van der Waals surface area contributed by atoms with Crippen LogP contribution in [0.25, 0.3) is 0 Å². The third-order valence-corrected chi connectivity index (χ3v) is 3.37. The molecule has 8 nitrogen and oxygen atoms in total. The lowest BCUT2D eigenvalue weighted by Gasteiger charge is -2.02. The monoisotopic (exact) mass is 327 g/mol. The molecule has 0 fully saturated rings. The lowest BCUT2D eigenvalue weighted by molar-refractivity contribution is -0.385. The van der Waals surface area contributed by atoms with Crippen molar-refractivity contribution in [2.75, 3.05) is 6.79 Å². The average molecular weight is 327 g/mol. The molecule has 122 valence electrons. The Labute approximate surface area is 136 Å². The summed E-state index contributed by atoms with van der Waals surface area (Å²) in [6, 6.07) is 9.72. The Morgan fingerprint density at radius 3 is 2.75 bits per heavy atom. The van der Waals surface area contributed by atoms with Crippen LogP contribution < -0.4 is 14.9 Å². The van der Waals surface area contributed by atoms with Gasteiger partial charge in [0.2, 0.25) is 6.79 Å². The van der Waals surface area contributed by atoms with Crippen LogP contribution >= 0.6 is 0 Å². The van der Waals surface area contributed by atoms with Crippen LogP contribution in [-0.2, 0) is 0 Å².